The Morgan fingerprint density at radius 1 is 1.22 bits per heavy atom. The summed E-state index contributed by atoms with van der Waals surface area (Å²) in [5, 5.41) is 6.61. The number of guanidine groups is 1. The number of aromatic amines is 1. The van der Waals surface area contributed by atoms with Crippen molar-refractivity contribution in [3.63, 3.8) is 0 Å². The number of hydrogen-bond donors (Lipinski definition) is 3. The molecule has 0 spiro atoms. The Kier molecular flexibility index (Phi) is 7.52. The van der Waals surface area contributed by atoms with E-state index in [1.54, 1.807) is 7.05 Å². The molecule has 0 atom stereocenters. The molecule has 1 aromatic heterocycles. The molecule has 1 aromatic carbocycles. The van der Waals surface area contributed by atoms with E-state index in [1.165, 1.54) is 12.2 Å². The van der Waals surface area contributed by atoms with Gasteiger partial charge in [-0.05, 0) is 30.4 Å². The monoisotopic (exact) mass is 331 g/mol. The maximum absolute atomic E-state index is 4.42. The maximum Gasteiger partial charge on any atom is 0.191 e. The van der Waals surface area contributed by atoms with Crippen molar-refractivity contribution in [2.45, 2.75) is 19.4 Å². The van der Waals surface area contributed by atoms with Crippen LogP contribution in [0.3, 0.4) is 0 Å². The molecular formula is C17H25N5S. The zero-order valence-corrected chi connectivity index (χ0v) is 14.6. The van der Waals surface area contributed by atoms with Crippen molar-refractivity contribution in [1.82, 2.24) is 20.6 Å². The first-order valence-electron chi connectivity index (χ1n) is 7.86. The minimum Gasteiger partial charge on any atom is -0.356 e. The van der Waals surface area contributed by atoms with E-state index in [1.807, 2.05) is 36.2 Å². The number of hydrogen-bond acceptors (Lipinski definition) is 3. The first-order valence-corrected chi connectivity index (χ1v) is 9.25. The summed E-state index contributed by atoms with van der Waals surface area (Å²) in [4.78, 5) is 12.0. The van der Waals surface area contributed by atoms with Crippen molar-refractivity contribution in [2.24, 2.45) is 4.99 Å². The second-order valence-corrected chi connectivity index (χ2v) is 6.15. The largest absolute Gasteiger partial charge is 0.356 e. The molecule has 0 aliphatic carbocycles. The number of H-pyrrole nitrogens is 1. The van der Waals surface area contributed by atoms with Gasteiger partial charge in [-0.2, -0.15) is 11.8 Å². The molecule has 6 heteroatoms. The lowest BCUT2D eigenvalue weighted by Crippen LogP contribution is -2.37. The van der Waals surface area contributed by atoms with Crippen LogP contribution >= 0.6 is 11.8 Å². The van der Waals surface area contributed by atoms with Crippen molar-refractivity contribution in [3.8, 4) is 11.3 Å². The van der Waals surface area contributed by atoms with Gasteiger partial charge in [0, 0.05) is 13.6 Å². The molecule has 1 heterocycles. The van der Waals surface area contributed by atoms with Crippen LogP contribution in [0, 0.1) is 0 Å². The Hall–Kier alpha value is -1.95. The number of aromatic nitrogens is 2. The van der Waals surface area contributed by atoms with Crippen LogP contribution in [0.2, 0.25) is 0 Å². The molecule has 0 saturated heterocycles. The van der Waals surface area contributed by atoms with Gasteiger partial charge < -0.3 is 15.6 Å². The second-order valence-electron chi connectivity index (χ2n) is 5.16. The Morgan fingerprint density at radius 3 is 2.78 bits per heavy atom. The van der Waals surface area contributed by atoms with E-state index in [0.717, 1.165) is 36.0 Å². The first-order chi connectivity index (χ1) is 11.3. The standard InChI is InChI=1S/C17H25N5S/c1-18-17(19-10-6-7-11-23-2)21-13-16-20-12-15(22-16)14-8-4-3-5-9-14/h3-5,8-9,12H,6-7,10-11,13H2,1-2H3,(H,20,22)(H2,18,19,21). The van der Waals surface area contributed by atoms with E-state index in [4.69, 9.17) is 0 Å². The summed E-state index contributed by atoms with van der Waals surface area (Å²) in [5.74, 6) is 2.92. The first kappa shape index (κ1) is 17.4. The highest BCUT2D eigenvalue weighted by atomic mass is 32.2. The quantitative estimate of drug-likeness (QED) is 0.395. The van der Waals surface area contributed by atoms with Gasteiger partial charge in [-0.25, -0.2) is 4.98 Å². The summed E-state index contributed by atoms with van der Waals surface area (Å²) < 4.78 is 0. The van der Waals surface area contributed by atoms with Gasteiger partial charge in [0.25, 0.3) is 0 Å². The molecule has 3 N–H and O–H groups in total. The van der Waals surface area contributed by atoms with Crippen molar-refractivity contribution in [3.05, 3.63) is 42.4 Å². The minimum absolute atomic E-state index is 0.622. The lowest BCUT2D eigenvalue weighted by Gasteiger charge is -2.10. The Labute approximate surface area is 142 Å². The van der Waals surface area contributed by atoms with Crippen LogP contribution in [0.5, 0.6) is 0 Å². The van der Waals surface area contributed by atoms with E-state index in [-0.39, 0.29) is 0 Å². The highest BCUT2D eigenvalue weighted by Crippen LogP contribution is 2.15. The fourth-order valence-electron chi connectivity index (χ4n) is 2.18. The van der Waals surface area contributed by atoms with Gasteiger partial charge in [-0.15, -0.1) is 0 Å². The molecule has 124 valence electrons. The van der Waals surface area contributed by atoms with Crippen LogP contribution in [0.4, 0.5) is 0 Å². The van der Waals surface area contributed by atoms with Crippen molar-refractivity contribution < 1.29 is 0 Å². The lowest BCUT2D eigenvalue weighted by atomic mass is 10.2. The predicted molar refractivity (Wildman–Crippen MR) is 99.8 cm³/mol. The Balaban J connectivity index is 1.77. The van der Waals surface area contributed by atoms with Gasteiger partial charge in [0.2, 0.25) is 0 Å². The van der Waals surface area contributed by atoms with Gasteiger partial charge in [-0.1, -0.05) is 30.3 Å². The molecule has 0 amide bonds. The van der Waals surface area contributed by atoms with Crippen LogP contribution in [0.15, 0.2) is 41.5 Å². The third kappa shape index (κ3) is 5.98. The van der Waals surface area contributed by atoms with Gasteiger partial charge in [0.05, 0.1) is 18.4 Å². The molecular weight excluding hydrogens is 306 g/mol. The molecule has 0 radical (unpaired) electrons. The number of nitrogens with one attached hydrogen (secondary N) is 3. The second kappa shape index (κ2) is 9.94. The minimum atomic E-state index is 0.622. The number of imidazole rings is 1. The fraction of sp³-hybridized carbons (Fsp3) is 0.412. The number of rotatable bonds is 8. The van der Waals surface area contributed by atoms with E-state index in [2.05, 4.69) is 44.0 Å². The van der Waals surface area contributed by atoms with Crippen LogP contribution in [0.1, 0.15) is 18.7 Å². The van der Waals surface area contributed by atoms with Crippen LogP contribution in [0.25, 0.3) is 11.3 Å². The smallest absolute Gasteiger partial charge is 0.191 e. The van der Waals surface area contributed by atoms with Crippen LogP contribution < -0.4 is 10.6 Å². The Morgan fingerprint density at radius 2 is 2.04 bits per heavy atom. The molecule has 0 bridgehead atoms. The summed E-state index contributed by atoms with van der Waals surface area (Å²) in [5.41, 5.74) is 2.17. The van der Waals surface area contributed by atoms with Gasteiger partial charge in [-0.3, -0.25) is 4.99 Å². The summed E-state index contributed by atoms with van der Waals surface area (Å²) in [6, 6.07) is 10.2. The molecule has 23 heavy (non-hydrogen) atoms. The van der Waals surface area contributed by atoms with E-state index >= 15 is 0 Å². The molecule has 2 rings (SSSR count). The third-order valence-corrected chi connectivity index (χ3v) is 4.12. The fourth-order valence-corrected chi connectivity index (χ4v) is 2.68. The zero-order valence-electron chi connectivity index (χ0n) is 13.8. The van der Waals surface area contributed by atoms with Crippen molar-refractivity contribution >= 4 is 17.7 Å². The summed E-state index contributed by atoms with van der Waals surface area (Å²) in [6.45, 7) is 1.56. The molecule has 0 fully saturated rings. The lowest BCUT2D eigenvalue weighted by molar-refractivity contribution is 0.726. The molecule has 0 aliphatic rings. The van der Waals surface area contributed by atoms with Crippen molar-refractivity contribution in [2.75, 3.05) is 25.6 Å². The highest BCUT2D eigenvalue weighted by Gasteiger charge is 2.04. The van der Waals surface area contributed by atoms with E-state index in [9.17, 15) is 0 Å². The van der Waals surface area contributed by atoms with E-state index < -0.39 is 0 Å². The molecule has 0 aliphatic heterocycles. The number of unbranched alkanes of at least 4 members (excludes halogenated alkanes) is 1. The average molecular weight is 331 g/mol. The topological polar surface area (TPSA) is 65.1 Å². The third-order valence-electron chi connectivity index (χ3n) is 3.43. The maximum atomic E-state index is 4.42. The van der Waals surface area contributed by atoms with Gasteiger partial charge in [0.15, 0.2) is 5.96 Å². The van der Waals surface area contributed by atoms with Gasteiger partial charge in [0.1, 0.15) is 5.82 Å². The normalized spacial score (nSPS) is 11.5. The average Bonchev–Trinajstić information content (AvgIpc) is 3.07. The summed E-state index contributed by atoms with van der Waals surface area (Å²) in [7, 11) is 1.79. The van der Waals surface area contributed by atoms with Crippen molar-refractivity contribution in [1.29, 1.82) is 0 Å². The zero-order chi connectivity index (χ0) is 16.3. The molecule has 2 aromatic rings. The van der Waals surface area contributed by atoms with Crippen LogP contribution in [-0.2, 0) is 6.54 Å². The summed E-state index contributed by atoms with van der Waals surface area (Å²) in [6.07, 6.45) is 6.39. The number of nitrogens with zero attached hydrogens (tertiary/aromatic N) is 2. The highest BCUT2D eigenvalue weighted by molar-refractivity contribution is 7.98. The number of benzene rings is 1. The number of thioether (sulfide) groups is 1. The van der Waals surface area contributed by atoms with Crippen LogP contribution in [-0.4, -0.2) is 41.5 Å². The summed E-state index contributed by atoms with van der Waals surface area (Å²) >= 11 is 1.89. The SMILES string of the molecule is CN=C(NCCCCSC)NCc1ncc(-c2ccccc2)[nH]1. The Bertz CT molecular complexity index is 594. The predicted octanol–water partition coefficient (Wildman–Crippen LogP) is 2.88. The number of aliphatic imine (C=N–C) groups is 1. The van der Waals surface area contributed by atoms with E-state index in [0.29, 0.717) is 6.54 Å². The van der Waals surface area contributed by atoms with Gasteiger partial charge >= 0.3 is 0 Å². The molecule has 0 saturated carbocycles. The molecule has 0 unspecified atom stereocenters. The molecule has 5 nitrogen and oxygen atoms in total.